The van der Waals surface area contributed by atoms with Gasteiger partial charge in [-0.2, -0.15) is 0 Å². The molecule has 1 aromatic rings. The van der Waals surface area contributed by atoms with Crippen molar-refractivity contribution in [1.82, 2.24) is 15.0 Å². The molecule has 1 aromatic heterocycles. The number of hydrazine groups is 1. The van der Waals surface area contributed by atoms with Crippen molar-refractivity contribution in [3.63, 3.8) is 0 Å². The molecular weight excluding hydrogens is 192 g/mol. The summed E-state index contributed by atoms with van der Waals surface area (Å²) in [4.78, 5) is 4.30. The standard InChI is InChI=1S/C10H18N4O/c1-14-4-3-12-10(14)6-9(13-11)8-2-5-15-7-8/h3-4,8-9,13H,2,5-7,11H2,1H3. The first kappa shape index (κ1) is 10.6. The van der Waals surface area contributed by atoms with Crippen LogP contribution in [-0.2, 0) is 18.2 Å². The maximum atomic E-state index is 5.58. The molecule has 5 heteroatoms. The molecule has 3 N–H and O–H groups in total. The Balaban J connectivity index is 1.98. The molecule has 2 heterocycles. The van der Waals surface area contributed by atoms with Crippen LogP contribution in [0.1, 0.15) is 12.2 Å². The van der Waals surface area contributed by atoms with Gasteiger partial charge in [0.15, 0.2) is 0 Å². The van der Waals surface area contributed by atoms with E-state index >= 15 is 0 Å². The van der Waals surface area contributed by atoms with Gasteiger partial charge in [-0.3, -0.25) is 11.3 Å². The first-order chi connectivity index (χ1) is 7.31. The number of aromatic nitrogens is 2. The van der Waals surface area contributed by atoms with Gasteiger partial charge >= 0.3 is 0 Å². The van der Waals surface area contributed by atoms with Crippen molar-refractivity contribution in [3.05, 3.63) is 18.2 Å². The molecular formula is C10H18N4O. The second-order valence-electron chi connectivity index (χ2n) is 4.06. The third-order valence-corrected chi connectivity index (χ3v) is 3.07. The second-order valence-corrected chi connectivity index (χ2v) is 4.06. The Kier molecular flexibility index (Phi) is 3.35. The molecule has 0 spiro atoms. The summed E-state index contributed by atoms with van der Waals surface area (Å²) in [6, 6.07) is 0.258. The maximum absolute atomic E-state index is 5.58. The number of rotatable bonds is 4. The van der Waals surface area contributed by atoms with Crippen LogP contribution < -0.4 is 11.3 Å². The summed E-state index contributed by atoms with van der Waals surface area (Å²) in [6.07, 6.45) is 5.70. The predicted molar refractivity (Wildman–Crippen MR) is 56.9 cm³/mol. The lowest BCUT2D eigenvalue weighted by atomic mass is 9.96. The van der Waals surface area contributed by atoms with Crippen LogP contribution in [0.5, 0.6) is 0 Å². The van der Waals surface area contributed by atoms with E-state index in [-0.39, 0.29) is 6.04 Å². The summed E-state index contributed by atoms with van der Waals surface area (Å²) >= 11 is 0. The Bertz CT molecular complexity index is 306. The van der Waals surface area contributed by atoms with Crippen LogP contribution in [0, 0.1) is 5.92 Å². The van der Waals surface area contributed by atoms with E-state index in [1.54, 1.807) is 0 Å². The smallest absolute Gasteiger partial charge is 0.109 e. The van der Waals surface area contributed by atoms with Crippen molar-refractivity contribution < 1.29 is 4.74 Å². The predicted octanol–water partition coefficient (Wildman–Crippen LogP) is -0.169. The van der Waals surface area contributed by atoms with Gasteiger partial charge in [0.05, 0.1) is 6.61 Å². The molecule has 2 rings (SSSR count). The summed E-state index contributed by atoms with van der Waals surface area (Å²) in [5, 5.41) is 0. The van der Waals surface area contributed by atoms with Crippen LogP contribution in [0.3, 0.4) is 0 Å². The second kappa shape index (κ2) is 4.74. The summed E-state index contributed by atoms with van der Waals surface area (Å²) < 4.78 is 7.39. The molecule has 0 bridgehead atoms. The van der Waals surface area contributed by atoms with Crippen molar-refractivity contribution >= 4 is 0 Å². The van der Waals surface area contributed by atoms with E-state index in [1.807, 2.05) is 24.0 Å². The minimum absolute atomic E-state index is 0.258. The van der Waals surface area contributed by atoms with Gasteiger partial charge in [0.25, 0.3) is 0 Å². The Morgan fingerprint density at radius 1 is 1.80 bits per heavy atom. The highest BCUT2D eigenvalue weighted by Gasteiger charge is 2.25. The summed E-state index contributed by atoms with van der Waals surface area (Å²) in [7, 11) is 2.00. The van der Waals surface area contributed by atoms with E-state index < -0.39 is 0 Å². The zero-order valence-electron chi connectivity index (χ0n) is 9.02. The van der Waals surface area contributed by atoms with E-state index in [4.69, 9.17) is 10.6 Å². The fourth-order valence-electron chi connectivity index (χ4n) is 2.02. The van der Waals surface area contributed by atoms with Crippen LogP contribution in [0.2, 0.25) is 0 Å². The number of imidazole rings is 1. The minimum atomic E-state index is 0.258. The minimum Gasteiger partial charge on any atom is -0.381 e. The molecule has 1 aliphatic rings. The molecule has 1 fully saturated rings. The van der Waals surface area contributed by atoms with Crippen molar-refractivity contribution in [1.29, 1.82) is 0 Å². The fraction of sp³-hybridized carbons (Fsp3) is 0.700. The quantitative estimate of drug-likeness (QED) is 0.535. The molecule has 1 saturated heterocycles. The van der Waals surface area contributed by atoms with Crippen LogP contribution in [-0.4, -0.2) is 28.8 Å². The van der Waals surface area contributed by atoms with Crippen molar-refractivity contribution in [2.45, 2.75) is 18.9 Å². The van der Waals surface area contributed by atoms with Gasteiger partial charge < -0.3 is 9.30 Å². The maximum Gasteiger partial charge on any atom is 0.109 e. The summed E-state index contributed by atoms with van der Waals surface area (Å²) in [5.41, 5.74) is 2.88. The lowest BCUT2D eigenvalue weighted by molar-refractivity contribution is 0.176. The van der Waals surface area contributed by atoms with Crippen LogP contribution in [0.15, 0.2) is 12.4 Å². The average Bonchev–Trinajstić information content (AvgIpc) is 2.86. The molecule has 0 aliphatic carbocycles. The molecule has 84 valence electrons. The number of nitrogens with one attached hydrogen (secondary N) is 1. The molecule has 0 amide bonds. The van der Waals surface area contributed by atoms with Crippen molar-refractivity contribution in [2.75, 3.05) is 13.2 Å². The van der Waals surface area contributed by atoms with Gasteiger partial charge in [0, 0.05) is 44.4 Å². The fourth-order valence-corrected chi connectivity index (χ4v) is 2.02. The number of nitrogens with zero attached hydrogens (tertiary/aromatic N) is 2. The zero-order valence-corrected chi connectivity index (χ0v) is 9.02. The molecule has 2 atom stereocenters. The summed E-state index contributed by atoms with van der Waals surface area (Å²) in [6.45, 7) is 1.66. The first-order valence-electron chi connectivity index (χ1n) is 5.31. The topological polar surface area (TPSA) is 65.1 Å². The lowest BCUT2D eigenvalue weighted by Crippen LogP contribution is -2.43. The van der Waals surface area contributed by atoms with Gasteiger partial charge in [0.2, 0.25) is 0 Å². The first-order valence-corrected chi connectivity index (χ1v) is 5.31. The number of hydrogen-bond donors (Lipinski definition) is 2. The molecule has 0 saturated carbocycles. The highest BCUT2D eigenvalue weighted by atomic mass is 16.5. The van der Waals surface area contributed by atoms with Gasteiger partial charge in [-0.05, 0) is 6.42 Å². The van der Waals surface area contributed by atoms with Crippen LogP contribution >= 0.6 is 0 Å². The van der Waals surface area contributed by atoms with E-state index in [2.05, 4.69) is 10.4 Å². The van der Waals surface area contributed by atoms with E-state index in [9.17, 15) is 0 Å². The Labute approximate surface area is 89.6 Å². The molecule has 1 aliphatic heterocycles. The molecule has 0 radical (unpaired) electrons. The van der Waals surface area contributed by atoms with Crippen molar-refractivity contribution in [3.8, 4) is 0 Å². The normalized spacial score (nSPS) is 23.2. The monoisotopic (exact) mass is 210 g/mol. The van der Waals surface area contributed by atoms with Gasteiger partial charge in [0.1, 0.15) is 5.82 Å². The van der Waals surface area contributed by atoms with Crippen LogP contribution in [0.4, 0.5) is 0 Å². The third kappa shape index (κ3) is 2.37. The molecule has 5 nitrogen and oxygen atoms in total. The third-order valence-electron chi connectivity index (χ3n) is 3.07. The number of hydrogen-bond acceptors (Lipinski definition) is 4. The summed E-state index contributed by atoms with van der Waals surface area (Å²) in [5.74, 6) is 7.14. The lowest BCUT2D eigenvalue weighted by Gasteiger charge is -2.20. The van der Waals surface area contributed by atoms with Gasteiger partial charge in [-0.25, -0.2) is 4.98 Å². The number of ether oxygens (including phenoxy) is 1. The largest absolute Gasteiger partial charge is 0.381 e. The Morgan fingerprint density at radius 3 is 3.20 bits per heavy atom. The van der Waals surface area contributed by atoms with Gasteiger partial charge in [-0.1, -0.05) is 0 Å². The SMILES string of the molecule is Cn1ccnc1CC(NN)C1CCOC1. The number of nitrogens with two attached hydrogens (primary N) is 1. The van der Waals surface area contributed by atoms with E-state index in [0.717, 1.165) is 31.9 Å². The highest BCUT2D eigenvalue weighted by Crippen LogP contribution is 2.18. The van der Waals surface area contributed by atoms with E-state index in [1.165, 1.54) is 0 Å². The molecule has 2 unspecified atom stereocenters. The average molecular weight is 210 g/mol. The number of aryl methyl sites for hydroxylation is 1. The van der Waals surface area contributed by atoms with E-state index in [0.29, 0.717) is 5.92 Å². The molecule has 15 heavy (non-hydrogen) atoms. The van der Waals surface area contributed by atoms with Crippen molar-refractivity contribution in [2.24, 2.45) is 18.8 Å². The molecule has 0 aromatic carbocycles. The van der Waals surface area contributed by atoms with Gasteiger partial charge in [-0.15, -0.1) is 0 Å². The van der Waals surface area contributed by atoms with Crippen LogP contribution in [0.25, 0.3) is 0 Å². The highest BCUT2D eigenvalue weighted by molar-refractivity contribution is 4.96. The Morgan fingerprint density at radius 2 is 2.67 bits per heavy atom. The Hall–Kier alpha value is -0.910. The zero-order chi connectivity index (χ0) is 10.7.